The largest absolute Gasteiger partial charge is 0.383 e. The smallest absolute Gasteiger partial charge is 0.107 e. The summed E-state index contributed by atoms with van der Waals surface area (Å²) in [6, 6.07) is 0. The Bertz CT molecular complexity index is 550. The molecule has 0 amide bonds. The van der Waals surface area contributed by atoms with Crippen LogP contribution in [0.25, 0.3) is 0 Å². The van der Waals surface area contributed by atoms with E-state index in [0.29, 0.717) is 0 Å². The third-order valence-electron chi connectivity index (χ3n) is 3.67. The summed E-state index contributed by atoms with van der Waals surface area (Å²) in [5.41, 5.74) is 3.71. The Morgan fingerprint density at radius 1 is 1.33 bits per heavy atom. The van der Waals surface area contributed by atoms with Gasteiger partial charge in [-0.2, -0.15) is 5.10 Å². The molecule has 6 heteroatoms. The fourth-order valence-corrected chi connectivity index (χ4v) is 3.11. The SMILES string of the molecule is CCn1nc(C)c(CN(CCOC)Cc2nccs2)c1C. The van der Waals surface area contributed by atoms with E-state index in [4.69, 9.17) is 4.74 Å². The summed E-state index contributed by atoms with van der Waals surface area (Å²) in [5, 5.41) is 7.77. The van der Waals surface area contributed by atoms with Crippen molar-refractivity contribution < 1.29 is 4.74 Å². The number of aryl methyl sites for hydroxylation is 2. The molecule has 0 aromatic carbocycles. The number of rotatable bonds is 8. The summed E-state index contributed by atoms with van der Waals surface area (Å²) in [7, 11) is 1.74. The normalized spacial score (nSPS) is 11.5. The van der Waals surface area contributed by atoms with Gasteiger partial charge < -0.3 is 4.74 Å². The molecule has 0 saturated carbocycles. The number of ether oxygens (including phenoxy) is 1. The fourth-order valence-electron chi connectivity index (χ4n) is 2.45. The summed E-state index contributed by atoms with van der Waals surface area (Å²) in [6.45, 7) is 10.7. The van der Waals surface area contributed by atoms with Gasteiger partial charge in [0.15, 0.2) is 0 Å². The highest BCUT2D eigenvalue weighted by Crippen LogP contribution is 2.18. The lowest BCUT2D eigenvalue weighted by atomic mass is 10.2. The topological polar surface area (TPSA) is 43.2 Å². The highest BCUT2D eigenvalue weighted by Gasteiger charge is 2.15. The average molecular weight is 308 g/mol. The second kappa shape index (κ2) is 7.68. The number of nitrogens with zero attached hydrogens (tertiary/aromatic N) is 4. The molecule has 5 nitrogen and oxygen atoms in total. The molecule has 0 saturated heterocycles. The van der Waals surface area contributed by atoms with Crippen molar-refractivity contribution in [3.63, 3.8) is 0 Å². The van der Waals surface area contributed by atoms with Gasteiger partial charge in [-0.25, -0.2) is 4.98 Å². The molecule has 0 N–H and O–H groups in total. The summed E-state index contributed by atoms with van der Waals surface area (Å²) < 4.78 is 7.31. The van der Waals surface area contributed by atoms with E-state index in [9.17, 15) is 0 Å². The maximum Gasteiger partial charge on any atom is 0.107 e. The first-order chi connectivity index (χ1) is 10.2. The standard InChI is InChI=1S/C15H24N4OS/c1-5-19-13(3)14(12(2)17-19)10-18(7-8-20-4)11-15-16-6-9-21-15/h6,9H,5,7-8,10-11H2,1-4H3. The Morgan fingerprint density at radius 2 is 2.14 bits per heavy atom. The monoisotopic (exact) mass is 308 g/mol. The molecule has 0 atom stereocenters. The molecule has 2 aromatic rings. The Hall–Kier alpha value is -1.24. The predicted molar refractivity (Wildman–Crippen MR) is 85.5 cm³/mol. The summed E-state index contributed by atoms with van der Waals surface area (Å²) in [4.78, 5) is 6.76. The van der Waals surface area contributed by atoms with Gasteiger partial charge in [-0.3, -0.25) is 9.58 Å². The number of thiazole rings is 1. The van der Waals surface area contributed by atoms with Crippen molar-refractivity contribution >= 4 is 11.3 Å². The van der Waals surface area contributed by atoms with Crippen LogP contribution in [0.3, 0.4) is 0 Å². The van der Waals surface area contributed by atoms with Crippen LogP contribution in [0, 0.1) is 13.8 Å². The van der Waals surface area contributed by atoms with E-state index in [-0.39, 0.29) is 0 Å². The Kier molecular flexibility index (Phi) is 5.90. The molecule has 0 aliphatic carbocycles. The third kappa shape index (κ3) is 4.12. The van der Waals surface area contributed by atoms with Crippen LogP contribution in [-0.2, 0) is 24.4 Å². The number of methoxy groups -OCH3 is 1. The molecule has 2 rings (SSSR count). The summed E-state index contributed by atoms with van der Waals surface area (Å²) in [6.07, 6.45) is 1.86. The number of hydrogen-bond acceptors (Lipinski definition) is 5. The Morgan fingerprint density at radius 3 is 2.71 bits per heavy atom. The molecule has 2 heterocycles. The van der Waals surface area contributed by atoms with Crippen molar-refractivity contribution in [2.75, 3.05) is 20.3 Å². The first-order valence-electron chi connectivity index (χ1n) is 7.28. The molecule has 2 aromatic heterocycles. The summed E-state index contributed by atoms with van der Waals surface area (Å²) in [5.74, 6) is 0. The predicted octanol–water partition coefficient (Wildman–Crippen LogP) is 2.62. The molecular formula is C15H24N4OS. The van der Waals surface area contributed by atoms with E-state index >= 15 is 0 Å². The van der Waals surface area contributed by atoms with Crippen LogP contribution in [0.2, 0.25) is 0 Å². The minimum absolute atomic E-state index is 0.728. The first kappa shape index (κ1) is 16.1. The maximum atomic E-state index is 5.24. The molecule has 0 aliphatic heterocycles. The highest BCUT2D eigenvalue weighted by molar-refractivity contribution is 7.09. The van der Waals surface area contributed by atoms with Gasteiger partial charge in [0, 0.05) is 49.6 Å². The van der Waals surface area contributed by atoms with Gasteiger partial charge in [-0.15, -0.1) is 11.3 Å². The second-order valence-corrected chi connectivity index (χ2v) is 6.07. The molecule has 0 radical (unpaired) electrons. The van der Waals surface area contributed by atoms with Gasteiger partial charge >= 0.3 is 0 Å². The first-order valence-corrected chi connectivity index (χ1v) is 8.16. The van der Waals surface area contributed by atoms with E-state index in [1.807, 2.05) is 11.6 Å². The van der Waals surface area contributed by atoms with Gasteiger partial charge in [-0.1, -0.05) is 0 Å². The van der Waals surface area contributed by atoms with E-state index in [1.54, 1.807) is 18.4 Å². The van der Waals surface area contributed by atoms with Crippen LogP contribution in [0.1, 0.15) is 28.9 Å². The Labute approximate surface area is 130 Å². The van der Waals surface area contributed by atoms with Crippen molar-refractivity contribution in [2.24, 2.45) is 0 Å². The minimum Gasteiger partial charge on any atom is -0.383 e. The fraction of sp³-hybridized carbons (Fsp3) is 0.600. The average Bonchev–Trinajstić information content (AvgIpc) is 3.07. The van der Waals surface area contributed by atoms with Gasteiger partial charge in [-0.05, 0) is 20.8 Å². The van der Waals surface area contributed by atoms with E-state index in [2.05, 4.69) is 40.4 Å². The molecule has 0 bridgehead atoms. The van der Waals surface area contributed by atoms with Crippen LogP contribution in [0.4, 0.5) is 0 Å². The highest BCUT2D eigenvalue weighted by atomic mass is 32.1. The van der Waals surface area contributed by atoms with Crippen LogP contribution < -0.4 is 0 Å². The van der Waals surface area contributed by atoms with Crippen LogP contribution in [0.15, 0.2) is 11.6 Å². The van der Waals surface area contributed by atoms with Crippen molar-refractivity contribution in [2.45, 2.75) is 40.4 Å². The van der Waals surface area contributed by atoms with E-state index in [1.165, 1.54) is 11.3 Å². The molecule has 0 fully saturated rings. The Balaban J connectivity index is 2.12. The lowest BCUT2D eigenvalue weighted by molar-refractivity contribution is 0.139. The van der Waals surface area contributed by atoms with E-state index < -0.39 is 0 Å². The van der Waals surface area contributed by atoms with Crippen LogP contribution >= 0.6 is 11.3 Å². The second-order valence-electron chi connectivity index (χ2n) is 5.09. The molecule has 0 spiro atoms. The van der Waals surface area contributed by atoms with Gasteiger partial charge in [0.25, 0.3) is 0 Å². The maximum absolute atomic E-state index is 5.24. The zero-order valence-electron chi connectivity index (χ0n) is 13.3. The quantitative estimate of drug-likeness (QED) is 0.752. The van der Waals surface area contributed by atoms with Gasteiger partial charge in [0.2, 0.25) is 0 Å². The van der Waals surface area contributed by atoms with Gasteiger partial charge in [0.05, 0.1) is 18.8 Å². The molecule has 116 valence electrons. The van der Waals surface area contributed by atoms with Crippen molar-refractivity contribution in [3.8, 4) is 0 Å². The van der Waals surface area contributed by atoms with Crippen molar-refractivity contribution in [1.29, 1.82) is 0 Å². The number of hydrogen-bond donors (Lipinski definition) is 0. The minimum atomic E-state index is 0.728. The molecule has 21 heavy (non-hydrogen) atoms. The lowest BCUT2D eigenvalue weighted by Gasteiger charge is -2.21. The van der Waals surface area contributed by atoms with Gasteiger partial charge in [0.1, 0.15) is 5.01 Å². The zero-order chi connectivity index (χ0) is 15.2. The molecule has 0 aliphatic rings. The third-order valence-corrected chi connectivity index (χ3v) is 4.43. The zero-order valence-corrected chi connectivity index (χ0v) is 14.1. The van der Waals surface area contributed by atoms with Crippen LogP contribution in [0.5, 0.6) is 0 Å². The van der Waals surface area contributed by atoms with E-state index in [0.717, 1.165) is 43.5 Å². The van der Waals surface area contributed by atoms with Crippen molar-refractivity contribution in [3.05, 3.63) is 33.5 Å². The summed E-state index contributed by atoms with van der Waals surface area (Å²) >= 11 is 1.70. The van der Waals surface area contributed by atoms with Crippen LogP contribution in [-0.4, -0.2) is 39.9 Å². The lowest BCUT2D eigenvalue weighted by Crippen LogP contribution is -2.27. The molecular weight excluding hydrogens is 284 g/mol. The molecule has 0 unspecified atom stereocenters. The number of aromatic nitrogens is 3. The van der Waals surface area contributed by atoms with Crippen molar-refractivity contribution in [1.82, 2.24) is 19.7 Å².